The van der Waals surface area contributed by atoms with Crippen LogP contribution in [0.2, 0.25) is 0 Å². The molecule has 3 rings (SSSR count). The predicted molar refractivity (Wildman–Crippen MR) is 110 cm³/mol. The molecular formula is C21H23N5S. The molecule has 0 radical (unpaired) electrons. The fourth-order valence-corrected chi connectivity index (χ4v) is 3.20. The van der Waals surface area contributed by atoms with Gasteiger partial charge in [0.15, 0.2) is 5.82 Å². The van der Waals surface area contributed by atoms with E-state index in [1.807, 2.05) is 51.5 Å². The first-order valence-corrected chi connectivity index (χ1v) is 9.30. The van der Waals surface area contributed by atoms with Gasteiger partial charge in [0.1, 0.15) is 0 Å². The lowest BCUT2D eigenvalue weighted by Gasteiger charge is -2.14. The average molecular weight is 378 g/mol. The molecule has 138 valence electrons. The van der Waals surface area contributed by atoms with Crippen LogP contribution in [-0.4, -0.2) is 32.8 Å². The molecule has 3 aromatic rings. The topological polar surface area (TPSA) is 49.8 Å². The Kier molecular flexibility index (Phi) is 5.84. The minimum absolute atomic E-state index is 0.479. The third kappa shape index (κ3) is 4.16. The number of aromatic nitrogens is 3. The molecule has 0 bridgehead atoms. The van der Waals surface area contributed by atoms with Gasteiger partial charge < -0.3 is 0 Å². The molecule has 1 heterocycles. The van der Waals surface area contributed by atoms with Gasteiger partial charge in [0, 0.05) is 18.5 Å². The van der Waals surface area contributed by atoms with Crippen LogP contribution < -0.4 is 0 Å². The van der Waals surface area contributed by atoms with Gasteiger partial charge in [-0.25, -0.2) is 4.68 Å². The van der Waals surface area contributed by atoms with Crippen molar-refractivity contribution in [2.45, 2.75) is 26.9 Å². The molecule has 0 saturated heterocycles. The lowest BCUT2D eigenvalue weighted by atomic mass is 10.1. The van der Waals surface area contributed by atoms with Gasteiger partial charge in [-0.1, -0.05) is 36.4 Å². The van der Waals surface area contributed by atoms with Crippen LogP contribution in [0.1, 0.15) is 17.5 Å². The maximum absolute atomic E-state index is 8.81. The first-order chi connectivity index (χ1) is 13.0. The van der Waals surface area contributed by atoms with Crippen LogP contribution in [0.25, 0.3) is 17.1 Å². The van der Waals surface area contributed by atoms with Gasteiger partial charge in [0.2, 0.25) is 4.77 Å². The molecule has 0 aliphatic heterocycles. The van der Waals surface area contributed by atoms with Crippen LogP contribution in [0.5, 0.6) is 0 Å². The zero-order valence-electron chi connectivity index (χ0n) is 15.9. The number of aryl methyl sites for hydroxylation is 2. The highest BCUT2D eigenvalue weighted by atomic mass is 32.1. The second kappa shape index (κ2) is 8.30. The summed E-state index contributed by atoms with van der Waals surface area (Å²) in [4.78, 5) is 2.05. The molecule has 0 saturated carbocycles. The van der Waals surface area contributed by atoms with Crippen molar-refractivity contribution in [3.05, 3.63) is 64.4 Å². The summed E-state index contributed by atoms with van der Waals surface area (Å²) in [5.41, 5.74) is 4.48. The van der Waals surface area contributed by atoms with Crippen molar-refractivity contribution in [1.29, 1.82) is 5.26 Å². The summed E-state index contributed by atoms with van der Waals surface area (Å²) in [5, 5.41) is 13.6. The fourth-order valence-electron chi connectivity index (χ4n) is 2.91. The molecule has 0 atom stereocenters. The van der Waals surface area contributed by atoms with Crippen molar-refractivity contribution in [2.24, 2.45) is 0 Å². The summed E-state index contributed by atoms with van der Waals surface area (Å²) >= 11 is 5.77. The van der Waals surface area contributed by atoms with E-state index in [9.17, 15) is 0 Å². The molecule has 0 spiro atoms. The molecule has 0 amide bonds. The molecule has 27 heavy (non-hydrogen) atoms. The van der Waals surface area contributed by atoms with Crippen LogP contribution in [0.3, 0.4) is 0 Å². The normalized spacial score (nSPS) is 10.9. The van der Waals surface area contributed by atoms with Crippen molar-refractivity contribution in [3.63, 3.8) is 0 Å². The summed E-state index contributed by atoms with van der Waals surface area (Å²) in [6.07, 6.45) is 0.479. The summed E-state index contributed by atoms with van der Waals surface area (Å²) in [7, 11) is 1.97. The second-order valence-electron chi connectivity index (χ2n) is 6.70. The van der Waals surface area contributed by atoms with Crippen molar-refractivity contribution in [2.75, 3.05) is 13.6 Å². The lowest BCUT2D eigenvalue weighted by molar-refractivity contribution is 0.257. The number of hydrogen-bond donors (Lipinski definition) is 0. The smallest absolute Gasteiger partial charge is 0.204 e. The first kappa shape index (κ1) is 19.0. The number of benzene rings is 2. The lowest BCUT2D eigenvalue weighted by Crippen LogP contribution is -2.23. The van der Waals surface area contributed by atoms with E-state index in [-0.39, 0.29) is 0 Å². The zero-order chi connectivity index (χ0) is 19.4. The quantitative estimate of drug-likeness (QED) is 0.594. The third-order valence-corrected chi connectivity index (χ3v) is 4.99. The minimum Gasteiger partial charge on any atom is -0.286 e. The van der Waals surface area contributed by atoms with E-state index in [4.69, 9.17) is 22.6 Å². The highest BCUT2D eigenvalue weighted by Crippen LogP contribution is 2.24. The molecule has 0 aliphatic carbocycles. The van der Waals surface area contributed by atoms with Gasteiger partial charge >= 0.3 is 0 Å². The Hall–Kier alpha value is -2.75. The van der Waals surface area contributed by atoms with E-state index in [1.165, 1.54) is 11.1 Å². The molecule has 0 fully saturated rings. The van der Waals surface area contributed by atoms with Crippen LogP contribution in [0, 0.1) is 29.9 Å². The Morgan fingerprint density at radius 1 is 1.11 bits per heavy atom. The highest BCUT2D eigenvalue weighted by molar-refractivity contribution is 7.71. The van der Waals surface area contributed by atoms with Crippen molar-refractivity contribution >= 4 is 12.2 Å². The Morgan fingerprint density at radius 3 is 2.52 bits per heavy atom. The van der Waals surface area contributed by atoms with Crippen LogP contribution in [0.4, 0.5) is 0 Å². The van der Waals surface area contributed by atoms with E-state index in [2.05, 4.69) is 38.1 Å². The summed E-state index contributed by atoms with van der Waals surface area (Å²) in [6.45, 7) is 5.42. The number of nitrogens with zero attached hydrogens (tertiary/aromatic N) is 5. The van der Waals surface area contributed by atoms with E-state index >= 15 is 0 Å². The van der Waals surface area contributed by atoms with Crippen LogP contribution in [0.15, 0.2) is 48.5 Å². The maximum atomic E-state index is 8.81. The molecule has 2 aromatic carbocycles. The average Bonchev–Trinajstić information content (AvgIpc) is 2.99. The van der Waals surface area contributed by atoms with Crippen molar-refractivity contribution in [1.82, 2.24) is 19.2 Å². The second-order valence-corrected chi connectivity index (χ2v) is 7.07. The van der Waals surface area contributed by atoms with Gasteiger partial charge in [-0.05, 0) is 56.4 Å². The third-order valence-electron chi connectivity index (χ3n) is 4.60. The Morgan fingerprint density at radius 2 is 1.85 bits per heavy atom. The van der Waals surface area contributed by atoms with E-state index in [1.54, 1.807) is 0 Å². The van der Waals surface area contributed by atoms with E-state index in [0.29, 0.717) is 24.4 Å². The Bertz CT molecular complexity index is 1030. The number of rotatable bonds is 6. The van der Waals surface area contributed by atoms with Crippen molar-refractivity contribution < 1.29 is 0 Å². The minimum atomic E-state index is 0.479. The molecule has 6 heteroatoms. The molecule has 0 aliphatic rings. The molecule has 0 N–H and O–H groups in total. The van der Waals surface area contributed by atoms with Gasteiger partial charge in [-0.2, -0.15) is 5.26 Å². The van der Waals surface area contributed by atoms with Crippen LogP contribution in [-0.2, 0) is 6.67 Å². The molecule has 5 nitrogen and oxygen atoms in total. The van der Waals surface area contributed by atoms with Gasteiger partial charge in [0.05, 0.1) is 18.4 Å². The standard InChI is InChI=1S/C21H23N5S/c1-16-10-11-19(14-17(16)2)26-20(18-8-5-4-6-9-18)23-25(21(26)27)15-24(3)13-7-12-22/h4-6,8-11,14H,7,13,15H2,1-3H3. The zero-order valence-corrected chi connectivity index (χ0v) is 16.7. The molecular weight excluding hydrogens is 354 g/mol. The van der Waals surface area contributed by atoms with Gasteiger partial charge in [0.25, 0.3) is 0 Å². The molecule has 0 unspecified atom stereocenters. The Balaban J connectivity index is 2.11. The van der Waals surface area contributed by atoms with Crippen molar-refractivity contribution in [3.8, 4) is 23.1 Å². The van der Waals surface area contributed by atoms with E-state index < -0.39 is 0 Å². The molecule has 1 aromatic heterocycles. The van der Waals surface area contributed by atoms with Gasteiger partial charge in [-0.3, -0.25) is 9.47 Å². The summed E-state index contributed by atoms with van der Waals surface area (Å²) in [5.74, 6) is 0.817. The summed E-state index contributed by atoms with van der Waals surface area (Å²) < 4.78 is 4.49. The summed E-state index contributed by atoms with van der Waals surface area (Å²) in [6, 6.07) is 18.6. The SMILES string of the molecule is Cc1ccc(-n2c(-c3ccccc3)nn(CN(C)CCC#N)c2=S)cc1C. The highest BCUT2D eigenvalue weighted by Gasteiger charge is 2.15. The monoisotopic (exact) mass is 377 g/mol. The first-order valence-electron chi connectivity index (χ1n) is 8.89. The fraction of sp³-hybridized carbons (Fsp3) is 0.286. The number of nitriles is 1. The van der Waals surface area contributed by atoms with E-state index in [0.717, 1.165) is 17.1 Å². The Labute approximate surface area is 165 Å². The predicted octanol–water partition coefficient (Wildman–Crippen LogP) is 4.49. The van der Waals surface area contributed by atoms with Gasteiger partial charge in [-0.15, -0.1) is 5.10 Å². The maximum Gasteiger partial charge on any atom is 0.204 e. The number of hydrogen-bond acceptors (Lipinski definition) is 4. The van der Waals surface area contributed by atoms with Crippen LogP contribution >= 0.6 is 12.2 Å². The largest absolute Gasteiger partial charge is 0.286 e.